The molecule has 4 heteroatoms. The molecular weight excluding hydrogens is 260 g/mol. The van der Waals surface area contributed by atoms with Crippen molar-refractivity contribution in [3.05, 3.63) is 0 Å². The smallest absolute Gasteiger partial charge is 0.223 e. The van der Waals surface area contributed by atoms with Gasteiger partial charge in [0.05, 0.1) is 0 Å². The Labute approximate surface area is 122 Å². The lowest BCUT2D eigenvalue weighted by molar-refractivity contribution is -0.133. The van der Waals surface area contributed by atoms with E-state index in [0.717, 1.165) is 19.4 Å². The number of fused-ring (bicyclic) bond motifs is 2. The third kappa shape index (κ3) is 3.25. The van der Waals surface area contributed by atoms with Crippen molar-refractivity contribution in [2.24, 2.45) is 5.92 Å². The van der Waals surface area contributed by atoms with E-state index in [9.17, 15) is 4.79 Å². The highest BCUT2D eigenvalue weighted by Gasteiger charge is 2.36. The summed E-state index contributed by atoms with van der Waals surface area (Å²) in [7, 11) is 0. The Balaban J connectivity index is 0.00000133. The summed E-state index contributed by atoms with van der Waals surface area (Å²) in [5, 5.41) is 3.66. The summed E-state index contributed by atoms with van der Waals surface area (Å²) in [6.07, 6.45) is 9.49. The third-order valence-corrected chi connectivity index (χ3v) is 5.20. The number of carbonyl (C=O) groups excluding carboxylic acids is 1. The van der Waals surface area contributed by atoms with Crippen molar-refractivity contribution in [1.82, 2.24) is 10.2 Å². The average molecular weight is 287 g/mol. The van der Waals surface area contributed by atoms with E-state index < -0.39 is 0 Å². The second kappa shape index (κ2) is 6.45. The fraction of sp³-hybridized carbons (Fsp3) is 0.933. The number of hydrogen-bond acceptors (Lipinski definition) is 2. The number of carbonyl (C=O) groups is 1. The van der Waals surface area contributed by atoms with Gasteiger partial charge in [-0.25, -0.2) is 0 Å². The first-order valence-corrected chi connectivity index (χ1v) is 7.81. The van der Waals surface area contributed by atoms with E-state index in [0.29, 0.717) is 30.0 Å². The number of amides is 1. The highest BCUT2D eigenvalue weighted by atomic mass is 35.5. The first-order valence-electron chi connectivity index (χ1n) is 7.81. The fourth-order valence-corrected chi connectivity index (χ4v) is 4.29. The highest BCUT2D eigenvalue weighted by molar-refractivity contribution is 5.85. The first-order chi connectivity index (χ1) is 8.76. The number of piperidine rings is 1. The van der Waals surface area contributed by atoms with Crippen molar-refractivity contribution in [2.75, 3.05) is 6.54 Å². The van der Waals surface area contributed by atoms with Gasteiger partial charge in [0.1, 0.15) is 0 Å². The molecule has 0 aliphatic carbocycles. The van der Waals surface area contributed by atoms with Crippen molar-refractivity contribution < 1.29 is 4.79 Å². The van der Waals surface area contributed by atoms with Crippen LogP contribution in [0.1, 0.15) is 58.3 Å². The molecule has 3 atom stereocenters. The summed E-state index contributed by atoms with van der Waals surface area (Å²) in [6.45, 7) is 3.22. The van der Waals surface area contributed by atoms with E-state index in [1.165, 1.54) is 38.5 Å². The van der Waals surface area contributed by atoms with Gasteiger partial charge < -0.3 is 10.2 Å². The summed E-state index contributed by atoms with van der Waals surface area (Å²) in [5.41, 5.74) is 0. The van der Waals surface area contributed by atoms with Gasteiger partial charge in [-0.2, -0.15) is 0 Å². The van der Waals surface area contributed by atoms with Gasteiger partial charge in [0.2, 0.25) is 5.91 Å². The molecule has 3 nitrogen and oxygen atoms in total. The third-order valence-electron chi connectivity index (χ3n) is 5.20. The summed E-state index contributed by atoms with van der Waals surface area (Å²) < 4.78 is 0. The van der Waals surface area contributed by atoms with E-state index in [2.05, 4.69) is 17.1 Å². The Bertz CT molecular complexity index is 311. The Kier molecular flexibility index (Phi) is 5.13. The van der Waals surface area contributed by atoms with Crippen molar-refractivity contribution in [3.63, 3.8) is 0 Å². The van der Waals surface area contributed by atoms with Gasteiger partial charge in [-0.3, -0.25) is 4.79 Å². The second-order valence-electron chi connectivity index (χ2n) is 6.47. The molecule has 3 rings (SSSR count). The number of halogens is 1. The maximum Gasteiger partial charge on any atom is 0.223 e. The van der Waals surface area contributed by atoms with Crippen LogP contribution in [0.4, 0.5) is 0 Å². The number of nitrogens with zero attached hydrogens (tertiary/aromatic N) is 1. The topological polar surface area (TPSA) is 32.3 Å². The molecule has 19 heavy (non-hydrogen) atoms. The van der Waals surface area contributed by atoms with Crippen LogP contribution < -0.4 is 5.32 Å². The van der Waals surface area contributed by atoms with Crippen LogP contribution in [-0.2, 0) is 4.79 Å². The lowest BCUT2D eigenvalue weighted by atomic mass is 9.89. The molecule has 2 bridgehead atoms. The number of hydrogen-bond donors (Lipinski definition) is 1. The van der Waals surface area contributed by atoms with Crippen molar-refractivity contribution in [2.45, 2.75) is 76.4 Å². The zero-order valence-corrected chi connectivity index (χ0v) is 12.8. The van der Waals surface area contributed by atoms with E-state index in [1.54, 1.807) is 0 Å². The quantitative estimate of drug-likeness (QED) is 0.865. The van der Waals surface area contributed by atoms with Crippen molar-refractivity contribution in [1.29, 1.82) is 0 Å². The van der Waals surface area contributed by atoms with Gasteiger partial charge in [-0.15, -0.1) is 12.4 Å². The zero-order chi connectivity index (χ0) is 12.5. The Morgan fingerprint density at radius 1 is 1.21 bits per heavy atom. The molecule has 3 aliphatic rings. The number of nitrogens with one attached hydrogen (secondary N) is 1. The van der Waals surface area contributed by atoms with Crippen LogP contribution in [0, 0.1) is 5.92 Å². The van der Waals surface area contributed by atoms with Crippen LogP contribution in [0.2, 0.25) is 0 Å². The molecule has 3 aliphatic heterocycles. The van der Waals surface area contributed by atoms with Crippen LogP contribution in [-0.4, -0.2) is 35.5 Å². The predicted octanol–water partition coefficient (Wildman–Crippen LogP) is 2.73. The van der Waals surface area contributed by atoms with Crippen molar-refractivity contribution in [3.8, 4) is 0 Å². The predicted molar refractivity (Wildman–Crippen MR) is 79.6 cm³/mol. The van der Waals surface area contributed by atoms with Crippen LogP contribution in [0.5, 0.6) is 0 Å². The largest absolute Gasteiger partial charge is 0.340 e. The molecule has 1 amide bonds. The van der Waals surface area contributed by atoms with Gasteiger partial charge in [0, 0.05) is 31.1 Å². The summed E-state index contributed by atoms with van der Waals surface area (Å²) in [5.74, 6) is 1.08. The molecule has 3 heterocycles. The van der Waals surface area contributed by atoms with Crippen molar-refractivity contribution >= 4 is 18.3 Å². The van der Waals surface area contributed by atoms with E-state index in [-0.39, 0.29) is 12.4 Å². The van der Waals surface area contributed by atoms with Gasteiger partial charge in [0.25, 0.3) is 0 Å². The Hall–Kier alpha value is -0.280. The van der Waals surface area contributed by atoms with Gasteiger partial charge in [-0.05, 0) is 50.9 Å². The SMILES string of the molecule is CCC1CCCN1C(=O)CC1CC2CCC(C1)N2.Cl. The van der Waals surface area contributed by atoms with Gasteiger partial charge in [0.15, 0.2) is 0 Å². The molecule has 0 radical (unpaired) electrons. The average Bonchev–Trinajstić information content (AvgIpc) is 2.95. The van der Waals surface area contributed by atoms with Gasteiger partial charge >= 0.3 is 0 Å². The number of rotatable bonds is 3. The lowest BCUT2D eigenvalue weighted by Crippen LogP contribution is -2.41. The molecule has 3 unspecified atom stereocenters. The summed E-state index contributed by atoms with van der Waals surface area (Å²) in [4.78, 5) is 14.6. The molecule has 0 aromatic rings. The minimum absolute atomic E-state index is 0. The fourth-order valence-electron chi connectivity index (χ4n) is 4.29. The van der Waals surface area contributed by atoms with Crippen LogP contribution in [0.3, 0.4) is 0 Å². The van der Waals surface area contributed by atoms with E-state index >= 15 is 0 Å². The standard InChI is InChI=1S/C15H26N2O.ClH/c1-2-14-4-3-7-17(14)15(18)10-11-8-12-5-6-13(9-11)16-12;/h11-14,16H,2-10H2,1H3;1H. The van der Waals surface area contributed by atoms with Gasteiger partial charge in [-0.1, -0.05) is 6.92 Å². The molecular formula is C15H27ClN2O. The van der Waals surface area contributed by atoms with Crippen LogP contribution in [0.15, 0.2) is 0 Å². The Morgan fingerprint density at radius 3 is 2.53 bits per heavy atom. The molecule has 0 saturated carbocycles. The highest BCUT2D eigenvalue weighted by Crippen LogP contribution is 2.33. The van der Waals surface area contributed by atoms with Crippen LogP contribution >= 0.6 is 12.4 Å². The molecule has 3 saturated heterocycles. The van der Waals surface area contributed by atoms with Crippen LogP contribution in [0.25, 0.3) is 0 Å². The Morgan fingerprint density at radius 2 is 1.89 bits per heavy atom. The van der Waals surface area contributed by atoms with E-state index in [1.807, 2.05) is 0 Å². The summed E-state index contributed by atoms with van der Waals surface area (Å²) in [6, 6.07) is 1.96. The second-order valence-corrected chi connectivity index (χ2v) is 6.47. The molecule has 0 spiro atoms. The maximum absolute atomic E-state index is 12.4. The minimum atomic E-state index is 0. The molecule has 0 aromatic heterocycles. The normalized spacial score (nSPS) is 37.2. The minimum Gasteiger partial charge on any atom is -0.340 e. The number of likely N-dealkylation sites (tertiary alicyclic amines) is 1. The zero-order valence-electron chi connectivity index (χ0n) is 11.9. The summed E-state index contributed by atoms with van der Waals surface area (Å²) >= 11 is 0. The maximum atomic E-state index is 12.4. The molecule has 3 fully saturated rings. The molecule has 0 aromatic carbocycles. The monoisotopic (exact) mass is 286 g/mol. The molecule has 1 N–H and O–H groups in total. The lowest BCUT2D eigenvalue weighted by Gasteiger charge is -2.31. The van der Waals surface area contributed by atoms with E-state index in [4.69, 9.17) is 0 Å². The molecule has 110 valence electrons. The first kappa shape index (κ1) is 15.1.